The van der Waals surface area contributed by atoms with Crippen molar-refractivity contribution in [3.05, 3.63) is 0 Å². The van der Waals surface area contributed by atoms with Crippen LogP contribution in [0.15, 0.2) is 0 Å². The van der Waals surface area contributed by atoms with E-state index in [0.29, 0.717) is 11.8 Å². The van der Waals surface area contributed by atoms with Crippen LogP contribution in [0.2, 0.25) is 0 Å². The van der Waals surface area contributed by atoms with Gasteiger partial charge in [0.2, 0.25) is 0 Å². The number of aliphatic carboxylic acids is 2. The van der Waals surface area contributed by atoms with E-state index >= 15 is 0 Å². The van der Waals surface area contributed by atoms with E-state index < -0.39 is 11.9 Å². The van der Waals surface area contributed by atoms with Crippen molar-refractivity contribution < 1.29 is 19.8 Å². The van der Waals surface area contributed by atoms with Gasteiger partial charge in [0.15, 0.2) is 0 Å². The van der Waals surface area contributed by atoms with Crippen molar-refractivity contribution in [3.63, 3.8) is 0 Å². The Kier molecular flexibility index (Phi) is 15.0. The van der Waals surface area contributed by atoms with E-state index in [0.717, 1.165) is 38.5 Å². The predicted octanol–water partition coefficient (Wildman–Crippen LogP) is 7.45. The van der Waals surface area contributed by atoms with Crippen molar-refractivity contribution in [2.45, 2.75) is 129 Å². The smallest absolute Gasteiger partial charge is 0.307 e. The molecule has 29 heavy (non-hydrogen) atoms. The molecule has 0 heterocycles. The van der Waals surface area contributed by atoms with Crippen LogP contribution in [0.1, 0.15) is 129 Å². The van der Waals surface area contributed by atoms with Crippen molar-refractivity contribution in [2.75, 3.05) is 0 Å². The van der Waals surface area contributed by atoms with Gasteiger partial charge in [-0.15, -0.1) is 0 Å². The first-order chi connectivity index (χ1) is 14.1. The fourth-order valence-corrected chi connectivity index (χ4v) is 4.83. The largest absolute Gasteiger partial charge is 0.481 e. The molecule has 1 saturated carbocycles. The van der Waals surface area contributed by atoms with Crippen LogP contribution in [0.5, 0.6) is 0 Å². The molecule has 0 aliphatic heterocycles. The molecule has 3 atom stereocenters. The maximum Gasteiger partial charge on any atom is 0.307 e. The number of hydrogen-bond acceptors (Lipinski definition) is 2. The van der Waals surface area contributed by atoms with Gasteiger partial charge in [0, 0.05) is 6.42 Å². The molecule has 0 aromatic rings. The summed E-state index contributed by atoms with van der Waals surface area (Å²) < 4.78 is 0. The number of hydrogen-bond donors (Lipinski definition) is 2. The van der Waals surface area contributed by atoms with E-state index in [2.05, 4.69) is 6.92 Å². The van der Waals surface area contributed by atoms with E-state index in [1.54, 1.807) is 0 Å². The third-order valence-electron chi connectivity index (χ3n) is 6.69. The highest BCUT2D eigenvalue weighted by molar-refractivity contribution is 5.74. The SMILES string of the molecule is CCCCCCCCCCCCCCC1C(CCCCCCC(=O)O)C1C(=O)O. The Morgan fingerprint density at radius 1 is 0.586 bits per heavy atom. The van der Waals surface area contributed by atoms with E-state index in [-0.39, 0.29) is 12.3 Å². The lowest BCUT2D eigenvalue weighted by molar-refractivity contribution is -0.139. The first-order valence-electron chi connectivity index (χ1n) is 12.5. The molecule has 170 valence electrons. The maximum absolute atomic E-state index is 11.4. The molecule has 0 amide bonds. The summed E-state index contributed by atoms with van der Waals surface area (Å²) in [6.07, 6.45) is 22.2. The number of carbonyl (C=O) groups is 2. The molecule has 1 fully saturated rings. The van der Waals surface area contributed by atoms with Gasteiger partial charge in [-0.1, -0.05) is 103 Å². The lowest BCUT2D eigenvalue weighted by Crippen LogP contribution is -2.00. The molecule has 4 heteroatoms. The van der Waals surface area contributed by atoms with Gasteiger partial charge in [-0.3, -0.25) is 9.59 Å². The molecule has 0 radical (unpaired) electrons. The summed E-state index contributed by atoms with van der Waals surface area (Å²) in [5.74, 6) is -0.665. The van der Waals surface area contributed by atoms with Crippen LogP contribution >= 0.6 is 0 Å². The summed E-state index contributed by atoms with van der Waals surface area (Å²) in [5, 5.41) is 18.1. The van der Waals surface area contributed by atoms with Crippen LogP contribution < -0.4 is 0 Å². The summed E-state index contributed by atoms with van der Waals surface area (Å²) >= 11 is 0. The second-order valence-corrected chi connectivity index (χ2v) is 9.22. The lowest BCUT2D eigenvalue weighted by atomic mass is 10.0. The topological polar surface area (TPSA) is 74.6 Å². The molecule has 1 rings (SSSR count). The molecule has 0 saturated heterocycles. The zero-order valence-electron chi connectivity index (χ0n) is 18.9. The number of carboxylic acids is 2. The van der Waals surface area contributed by atoms with Gasteiger partial charge >= 0.3 is 11.9 Å². The number of carboxylic acid groups (broad SMARTS) is 2. The molecule has 0 bridgehead atoms. The van der Waals surface area contributed by atoms with E-state index in [1.807, 2.05) is 0 Å². The Morgan fingerprint density at radius 3 is 1.34 bits per heavy atom. The van der Waals surface area contributed by atoms with E-state index in [9.17, 15) is 14.7 Å². The van der Waals surface area contributed by atoms with E-state index in [4.69, 9.17) is 5.11 Å². The standard InChI is InChI=1S/C25H46O4/c1-2-3-4-5-6-7-8-9-10-11-12-15-18-21-22(24(21)25(28)29)19-16-13-14-17-20-23(26)27/h21-22,24H,2-20H2,1H3,(H,26,27)(H,28,29). The van der Waals surface area contributed by atoms with Crippen LogP contribution in [0.25, 0.3) is 0 Å². The zero-order valence-corrected chi connectivity index (χ0v) is 18.9. The molecule has 4 nitrogen and oxygen atoms in total. The summed E-state index contributed by atoms with van der Waals surface area (Å²) in [7, 11) is 0. The van der Waals surface area contributed by atoms with E-state index in [1.165, 1.54) is 77.0 Å². The fraction of sp³-hybridized carbons (Fsp3) is 0.920. The molecular formula is C25H46O4. The van der Waals surface area contributed by atoms with Gasteiger partial charge < -0.3 is 10.2 Å². The highest BCUT2D eigenvalue weighted by atomic mass is 16.4. The molecule has 0 aromatic carbocycles. The summed E-state index contributed by atoms with van der Waals surface area (Å²) in [4.78, 5) is 21.9. The summed E-state index contributed by atoms with van der Waals surface area (Å²) in [5.41, 5.74) is 0. The van der Waals surface area contributed by atoms with Crippen LogP contribution in [0, 0.1) is 17.8 Å². The van der Waals surface area contributed by atoms with Crippen LogP contribution in [0.4, 0.5) is 0 Å². The van der Waals surface area contributed by atoms with Gasteiger partial charge in [-0.05, 0) is 31.1 Å². The van der Waals surface area contributed by atoms with Crippen molar-refractivity contribution in [1.82, 2.24) is 0 Å². The Labute approximate surface area is 178 Å². The average Bonchev–Trinajstić information content (AvgIpc) is 3.38. The minimum atomic E-state index is -0.722. The molecule has 0 spiro atoms. The van der Waals surface area contributed by atoms with Crippen LogP contribution in [0.3, 0.4) is 0 Å². The van der Waals surface area contributed by atoms with Crippen molar-refractivity contribution >= 4 is 11.9 Å². The summed E-state index contributed by atoms with van der Waals surface area (Å²) in [6.45, 7) is 2.26. The number of rotatable bonds is 21. The molecule has 0 aromatic heterocycles. The minimum absolute atomic E-state index is 0.110. The zero-order chi connectivity index (χ0) is 21.3. The third kappa shape index (κ3) is 13.0. The highest BCUT2D eigenvalue weighted by Gasteiger charge is 2.53. The molecular weight excluding hydrogens is 364 g/mol. The normalized spacial score (nSPS) is 20.7. The highest BCUT2D eigenvalue weighted by Crippen LogP contribution is 2.52. The van der Waals surface area contributed by atoms with Crippen molar-refractivity contribution in [3.8, 4) is 0 Å². The minimum Gasteiger partial charge on any atom is -0.481 e. The molecule has 3 unspecified atom stereocenters. The lowest BCUT2D eigenvalue weighted by Gasteiger charge is -2.03. The van der Waals surface area contributed by atoms with Gasteiger partial charge in [0.05, 0.1) is 5.92 Å². The molecule has 1 aliphatic rings. The maximum atomic E-state index is 11.4. The van der Waals surface area contributed by atoms with Crippen LogP contribution in [-0.2, 0) is 9.59 Å². The van der Waals surface area contributed by atoms with Crippen molar-refractivity contribution in [1.29, 1.82) is 0 Å². The van der Waals surface area contributed by atoms with Gasteiger partial charge in [0.25, 0.3) is 0 Å². The fourth-order valence-electron chi connectivity index (χ4n) is 4.83. The second kappa shape index (κ2) is 16.7. The van der Waals surface area contributed by atoms with Gasteiger partial charge in [0.1, 0.15) is 0 Å². The second-order valence-electron chi connectivity index (χ2n) is 9.22. The Hall–Kier alpha value is -1.06. The molecule has 2 N–H and O–H groups in total. The van der Waals surface area contributed by atoms with Crippen molar-refractivity contribution in [2.24, 2.45) is 17.8 Å². The number of unbranched alkanes of at least 4 members (excludes halogenated alkanes) is 14. The first kappa shape index (κ1) is 26.0. The predicted molar refractivity (Wildman–Crippen MR) is 119 cm³/mol. The van der Waals surface area contributed by atoms with Gasteiger partial charge in [-0.25, -0.2) is 0 Å². The Balaban J connectivity index is 1.95. The van der Waals surface area contributed by atoms with Crippen LogP contribution in [-0.4, -0.2) is 22.2 Å². The molecule has 1 aliphatic carbocycles. The van der Waals surface area contributed by atoms with Gasteiger partial charge in [-0.2, -0.15) is 0 Å². The summed E-state index contributed by atoms with van der Waals surface area (Å²) in [6, 6.07) is 0. The quantitative estimate of drug-likeness (QED) is 0.193. The first-order valence-corrected chi connectivity index (χ1v) is 12.5. The Bertz CT molecular complexity index is 435. The monoisotopic (exact) mass is 410 g/mol. The Morgan fingerprint density at radius 2 is 0.966 bits per heavy atom. The average molecular weight is 411 g/mol. The third-order valence-corrected chi connectivity index (χ3v) is 6.69.